The highest BCUT2D eigenvalue weighted by atomic mass is 15.3. The molecule has 0 radical (unpaired) electrons. The van der Waals surface area contributed by atoms with Gasteiger partial charge in [-0.3, -0.25) is 4.90 Å². The van der Waals surface area contributed by atoms with E-state index >= 15 is 0 Å². The number of nitrogen functional groups attached to an aromatic ring is 1. The highest BCUT2D eigenvalue weighted by Crippen LogP contribution is 2.26. The molecule has 1 aliphatic carbocycles. The number of nitrogens with one attached hydrogen (secondary N) is 1. The molecule has 0 aromatic carbocycles. The van der Waals surface area contributed by atoms with Gasteiger partial charge in [-0.25, -0.2) is 0 Å². The molecule has 1 aromatic rings. The van der Waals surface area contributed by atoms with Crippen LogP contribution in [0.3, 0.4) is 0 Å². The van der Waals surface area contributed by atoms with Gasteiger partial charge in [0.2, 0.25) is 17.8 Å². The number of nitrogens with zero attached hydrogens (tertiary/aromatic N) is 5. The van der Waals surface area contributed by atoms with Gasteiger partial charge in [-0.05, 0) is 32.2 Å². The van der Waals surface area contributed by atoms with Crippen molar-refractivity contribution in [2.75, 3.05) is 48.7 Å². The minimum Gasteiger partial charge on any atom is -0.368 e. The monoisotopic (exact) mass is 291 g/mol. The molecule has 7 heteroatoms. The predicted molar refractivity (Wildman–Crippen MR) is 84.4 cm³/mol. The summed E-state index contributed by atoms with van der Waals surface area (Å²) in [5, 5.41) is 3.29. The quantitative estimate of drug-likeness (QED) is 0.774. The Morgan fingerprint density at radius 1 is 1.24 bits per heavy atom. The third-order valence-corrected chi connectivity index (χ3v) is 4.18. The van der Waals surface area contributed by atoms with Gasteiger partial charge in [0.15, 0.2) is 0 Å². The van der Waals surface area contributed by atoms with Crippen molar-refractivity contribution in [3.8, 4) is 0 Å². The van der Waals surface area contributed by atoms with Crippen LogP contribution in [0.4, 0.5) is 17.8 Å². The van der Waals surface area contributed by atoms with Gasteiger partial charge in [-0.2, -0.15) is 15.0 Å². The molecule has 1 saturated heterocycles. The van der Waals surface area contributed by atoms with Crippen LogP contribution in [0.15, 0.2) is 0 Å². The van der Waals surface area contributed by atoms with E-state index in [1.807, 2.05) is 0 Å². The molecule has 2 fully saturated rings. The first kappa shape index (κ1) is 14.3. The van der Waals surface area contributed by atoms with Crippen molar-refractivity contribution >= 4 is 17.8 Å². The van der Waals surface area contributed by atoms with Gasteiger partial charge < -0.3 is 16.0 Å². The van der Waals surface area contributed by atoms with E-state index in [2.05, 4.69) is 37.0 Å². The number of rotatable bonds is 7. The maximum Gasteiger partial charge on any atom is 0.231 e. The van der Waals surface area contributed by atoms with Gasteiger partial charge in [0.25, 0.3) is 0 Å². The van der Waals surface area contributed by atoms with E-state index in [0.29, 0.717) is 17.8 Å². The van der Waals surface area contributed by atoms with E-state index in [1.165, 1.54) is 25.7 Å². The molecule has 2 aliphatic rings. The maximum absolute atomic E-state index is 5.80. The van der Waals surface area contributed by atoms with Crippen LogP contribution < -0.4 is 16.0 Å². The molecule has 0 unspecified atom stereocenters. The van der Waals surface area contributed by atoms with Crippen molar-refractivity contribution < 1.29 is 0 Å². The Morgan fingerprint density at radius 3 is 2.67 bits per heavy atom. The van der Waals surface area contributed by atoms with Crippen molar-refractivity contribution in [1.82, 2.24) is 19.9 Å². The molecule has 1 aromatic heterocycles. The Kier molecular flexibility index (Phi) is 4.38. The maximum atomic E-state index is 5.80. The van der Waals surface area contributed by atoms with Crippen molar-refractivity contribution in [1.29, 1.82) is 0 Å². The van der Waals surface area contributed by atoms with E-state index in [-0.39, 0.29) is 0 Å². The molecule has 7 nitrogen and oxygen atoms in total. The van der Waals surface area contributed by atoms with Crippen LogP contribution >= 0.6 is 0 Å². The van der Waals surface area contributed by atoms with Crippen LogP contribution in [0.25, 0.3) is 0 Å². The second kappa shape index (κ2) is 6.43. The van der Waals surface area contributed by atoms with Crippen LogP contribution in [0.1, 0.15) is 32.6 Å². The summed E-state index contributed by atoms with van der Waals surface area (Å²) in [6.07, 6.45) is 5.07. The van der Waals surface area contributed by atoms with Crippen LogP contribution in [0.5, 0.6) is 0 Å². The Morgan fingerprint density at radius 2 is 2.00 bits per heavy atom. The molecular weight excluding hydrogens is 266 g/mol. The molecule has 0 amide bonds. The van der Waals surface area contributed by atoms with Crippen molar-refractivity contribution in [3.05, 3.63) is 0 Å². The summed E-state index contributed by atoms with van der Waals surface area (Å²) < 4.78 is 0. The van der Waals surface area contributed by atoms with Gasteiger partial charge in [0.1, 0.15) is 0 Å². The SMILES string of the molecule is CCN(CCNc1nc(N)nc(N2CCCC2)n1)C1CC1. The summed E-state index contributed by atoms with van der Waals surface area (Å²) in [5.41, 5.74) is 5.80. The fraction of sp³-hybridized carbons (Fsp3) is 0.786. The van der Waals surface area contributed by atoms with Crippen molar-refractivity contribution in [2.24, 2.45) is 0 Å². The third-order valence-electron chi connectivity index (χ3n) is 4.18. The average Bonchev–Trinajstić information content (AvgIpc) is 3.16. The Hall–Kier alpha value is -1.63. The lowest BCUT2D eigenvalue weighted by Gasteiger charge is -2.20. The van der Waals surface area contributed by atoms with Gasteiger partial charge >= 0.3 is 0 Å². The third kappa shape index (κ3) is 3.72. The summed E-state index contributed by atoms with van der Waals surface area (Å²) in [4.78, 5) is 17.6. The number of anilines is 3. The molecule has 0 spiro atoms. The van der Waals surface area contributed by atoms with Gasteiger partial charge in [0, 0.05) is 32.2 Å². The topological polar surface area (TPSA) is 83.2 Å². The van der Waals surface area contributed by atoms with Crippen LogP contribution in [0, 0.1) is 0 Å². The fourth-order valence-electron chi connectivity index (χ4n) is 2.87. The molecule has 3 rings (SSSR count). The first-order valence-electron chi connectivity index (χ1n) is 8.00. The van der Waals surface area contributed by atoms with Crippen molar-refractivity contribution in [2.45, 2.75) is 38.6 Å². The van der Waals surface area contributed by atoms with E-state index in [0.717, 1.165) is 38.8 Å². The number of likely N-dealkylation sites (N-methyl/N-ethyl adjacent to an activating group) is 1. The lowest BCUT2D eigenvalue weighted by Crippen LogP contribution is -2.31. The molecule has 21 heavy (non-hydrogen) atoms. The Labute approximate surface area is 126 Å². The van der Waals surface area contributed by atoms with E-state index in [4.69, 9.17) is 5.73 Å². The van der Waals surface area contributed by atoms with E-state index < -0.39 is 0 Å². The molecular formula is C14H25N7. The number of hydrogen-bond acceptors (Lipinski definition) is 7. The minimum absolute atomic E-state index is 0.295. The largest absolute Gasteiger partial charge is 0.368 e. The number of hydrogen-bond donors (Lipinski definition) is 2. The summed E-state index contributed by atoms with van der Waals surface area (Å²) in [6, 6.07) is 0.792. The lowest BCUT2D eigenvalue weighted by atomic mass is 10.4. The summed E-state index contributed by atoms with van der Waals surface area (Å²) in [6.45, 7) is 7.19. The lowest BCUT2D eigenvalue weighted by molar-refractivity contribution is 0.289. The summed E-state index contributed by atoms with van der Waals surface area (Å²) >= 11 is 0. The minimum atomic E-state index is 0.295. The summed E-state index contributed by atoms with van der Waals surface area (Å²) in [5.74, 6) is 1.59. The van der Waals surface area contributed by atoms with E-state index in [9.17, 15) is 0 Å². The highest BCUT2D eigenvalue weighted by Gasteiger charge is 2.27. The molecule has 3 N–H and O–H groups in total. The molecule has 0 bridgehead atoms. The molecule has 1 saturated carbocycles. The normalized spacial score (nSPS) is 18.5. The highest BCUT2D eigenvalue weighted by molar-refractivity contribution is 5.42. The number of nitrogens with two attached hydrogens (primary N) is 1. The average molecular weight is 291 g/mol. The zero-order valence-electron chi connectivity index (χ0n) is 12.8. The first-order chi connectivity index (χ1) is 10.3. The Balaban J connectivity index is 1.56. The second-order valence-corrected chi connectivity index (χ2v) is 5.80. The van der Waals surface area contributed by atoms with Crippen LogP contribution in [-0.4, -0.2) is 58.6 Å². The molecule has 2 heterocycles. The van der Waals surface area contributed by atoms with Gasteiger partial charge in [0.05, 0.1) is 0 Å². The fourth-order valence-corrected chi connectivity index (χ4v) is 2.87. The van der Waals surface area contributed by atoms with Gasteiger partial charge in [-0.1, -0.05) is 6.92 Å². The zero-order chi connectivity index (χ0) is 14.7. The predicted octanol–water partition coefficient (Wildman–Crippen LogP) is 0.950. The van der Waals surface area contributed by atoms with Crippen molar-refractivity contribution in [3.63, 3.8) is 0 Å². The Bertz CT molecular complexity index is 468. The van der Waals surface area contributed by atoms with Gasteiger partial charge in [-0.15, -0.1) is 0 Å². The number of aromatic nitrogens is 3. The smallest absolute Gasteiger partial charge is 0.231 e. The molecule has 116 valence electrons. The van der Waals surface area contributed by atoms with Crippen LogP contribution in [-0.2, 0) is 0 Å². The second-order valence-electron chi connectivity index (χ2n) is 5.80. The molecule has 0 atom stereocenters. The molecule has 1 aliphatic heterocycles. The van der Waals surface area contributed by atoms with Crippen LogP contribution in [0.2, 0.25) is 0 Å². The first-order valence-corrected chi connectivity index (χ1v) is 8.00. The van der Waals surface area contributed by atoms with E-state index in [1.54, 1.807) is 0 Å². The standard InChI is InChI=1S/C14H25N7/c1-2-20(11-5-6-11)10-7-16-13-17-12(15)18-14(19-13)21-8-3-4-9-21/h11H,2-10H2,1H3,(H3,15,16,17,18,19). The summed E-state index contributed by atoms with van der Waals surface area (Å²) in [7, 11) is 0. The zero-order valence-corrected chi connectivity index (χ0v) is 12.8.